The van der Waals surface area contributed by atoms with E-state index in [0.717, 1.165) is 43.8 Å². The molecule has 5 nitrogen and oxygen atoms in total. The van der Waals surface area contributed by atoms with Crippen LogP contribution < -0.4 is 5.32 Å². The fourth-order valence-corrected chi connectivity index (χ4v) is 2.60. The summed E-state index contributed by atoms with van der Waals surface area (Å²) in [5.41, 5.74) is 0. The van der Waals surface area contributed by atoms with Gasteiger partial charge in [0.15, 0.2) is 5.82 Å². The Morgan fingerprint density at radius 2 is 1.95 bits per heavy atom. The van der Waals surface area contributed by atoms with Gasteiger partial charge in [-0.15, -0.1) is 0 Å². The van der Waals surface area contributed by atoms with E-state index >= 15 is 0 Å². The summed E-state index contributed by atoms with van der Waals surface area (Å²) in [6, 6.07) is 0.505. The van der Waals surface area contributed by atoms with Crippen LogP contribution in [0.25, 0.3) is 0 Å². The topological polar surface area (TPSA) is 54.2 Å². The maximum atomic E-state index is 5.30. The Kier molecular flexibility index (Phi) is 5.54. The third kappa shape index (κ3) is 4.28. The number of aromatic nitrogens is 2. The van der Waals surface area contributed by atoms with Gasteiger partial charge in [0.05, 0.1) is 6.54 Å². The molecule has 0 aromatic carbocycles. The SMILES string of the molecule is CC(C)c1nc(CN(CC2CCNCC2)C(C)C)no1. The van der Waals surface area contributed by atoms with E-state index in [2.05, 4.69) is 48.1 Å². The summed E-state index contributed by atoms with van der Waals surface area (Å²) >= 11 is 0. The van der Waals surface area contributed by atoms with Crippen LogP contribution in [-0.2, 0) is 6.54 Å². The van der Waals surface area contributed by atoms with Gasteiger partial charge in [0.1, 0.15) is 0 Å². The van der Waals surface area contributed by atoms with Crippen LogP contribution in [-0.4, -0.2) is 40.7 Å². The van der Waals surface area contributed by atoms with Crippen molar-refractivity contribution in [3.05, 3.63) is 11.7 Å². The summed E-state index contributed by atoms with van der Waals surface area (Å²) in [5.74, 6) is 2.64. The van der Waals surface area contributed by atoms with Crippen molar-refractivity contribution in [2.75, 3.05) is 19.6 Å². The minimum Gasteiger partial charge on any atom is -0.339 e. The van der Waals surface area contributed by atoms with Gasteiger partial charge in [0.2, 0.25) is 5.89 Å². The normalized spacial score (nSPS) is 17.6. The van der Waals surface area contributed by atoms with Gasteiger partial charge in [-0.25, -0.2) is 0 Å². The van der Waals surface area contributed by atoms with E-state index in [4.69, 9.17) is 4.52 Å². The Hall–Kier alpha value is -0.940. The Balaban J connectivity index is 1.93. The van der Waals surface area contributed by atoms with Gasteiger partial charge in [0, 0.05) is 18.5 Å². The molecule has 1 aromatic heterocycles. The van der Waals surface area contributed by atoms with E-state index < -0.39 is 0 Å². The molecule has 0 spiro atoms. The molecule has 0 amide bonds. The maximum Gasteiger partial charge on any atom is 0.229 e. The van der Waals surface area contributed by atoms with Crippen LogP contribution in [0.2, 0.25) is 0 Å². The van der Waals surface area contributed by atoms with Gasteiger partial charge < -0.3 is 9.84 Å². The van der Waals surface area contributed by atoms with Gasteiger partial charge in [-0.05, 0) is 45.7 Å². The molecule has 1 fully saturated rings. The lowest BCUT2D eigenvalue weighted by Gasteiger charge is -2.31. The van der Waals surface area contributed by atoms with Crippen molar-refractivity contribution >= 4 is 0 Å². The van der Waals surface area contributed by atoms with Gasteiger partial charge >= 0.3 is 0 Å². The van der Waals surface area contributed by atoms with E-state index in [1.54, 1.807) is 0 Å². The van der Waals surface area contributed by atoms with Crippen molar-refractivity contribution < 1.29 is 4.52 Å². The van der Waals surface area contributed by atoms with Crippen molar-refractivity contribution in [2.45, 2.75) is 59.0 Å². The molecular weight excluding hydrogens is 252 g/mol. The van der Waals surface area contributed by atoms with E-state index in [9.17, 15) is 0 Å². The monoisotopic (exact) mass is 280 g/mol. The fraction of sp³-hybridized carbons (Fsp3) is 0.867. The highest BCUT2D eigenvalue weighted by atomic mass is 16.5. The highest BCUT2D eigenvalue weighted by Gasteiger charge is 2.21. The second-order valence-corrected chi connectivity index (χ2v) is 6.42. The Labute approximate surface area is 122 Å². The zero-order chi connectivity index (χ0) is 14.5. The molecule has 2 heterocycles. The average Bonchev–Trinajstić information content (AvgIpc) is 2.88. The lowest BCUT2D eigenvalue weighted by atomic mass is 9.97. The molecule has 0 radical (unpaired) electrons. The van der Waals surface area contributed by atoms with Gasteiger partial charge in [-0.3, -0.25) is 4.90 Å². The van der Waals surface area contributed by atoms with Gasteiger partial charge in [-0.2, -0.15) is 4.98 Å². The number of nitrogens with zero attached hydrogens (tertiary/aromatic N) is 3. The smallest absolute Gasteiger partial charge is 0.229 e. The summed E-state index contributed by atoms with van der Waals surface area (Å²) in [7, 11) is 0. The van der Waals surface area contributed by atoms with E-state index in [1.165, 1.54) is 12.8 Å². The average molecular weight is 280 g/mol. The zero-order valence-electron chi connectivity index (χ0n) is 13.2. The molecule has 1 aliphatic heterocycles. The molecule has 5 heteroatoms. The standard InChI is InChI=1S/C15H28N4O/c1-11(2)15-17-14(18-20-15)10-19(12(3)4)9-13-5-7-16-8-6-13/h11-13,16H,5-10H2,1-4H3. The van der Waals surface area contributed by atoms with Crippen LogP contribution in [0.5, 0.6) is 0 Å². The summed E-state index contributed by atoms with van der Waals surface area (Å²) in [4.78, 5) is 6.96. The lowest BCUT2D eigenvalue weighted by Crippen LogP contribution is -2.39. The number of piperidine rings is 1. The number of rotatable bonds is 6. The molecule has 2 rings (SSSR count). The number of hydrogen-bond donors (Lipinski definition) is 1. The van der Waals surface area contributed by atoms with Crippen LogP contribution in [0.1, 0.15) is 58.2 Å². The van der Waals surface area contributed by atoms with Crippen molar-refractivity contribution in [3.63, 3.8) is 0 Å². The van der Waals surface area contributed by atoms with E-state index in [0.29, 0.717) is 12.0 Å². The number of nitrogens with one attached hydrogen (secondary N) is 1. The molecule has 0 bridgehead atoms. The third-order valence-electron chi connectivity index (χ3n) is 4.00. The van der Waals surface area contributed by atoms with Crippen LogP contribution >= 0.6 is 0 Å². The molecule has 0 aliphatic carbocycles. The molecule has 1 saturated heterocycles. The maximum absolute atomic E-state index is 5.30. The predicted molar refractivity (Wildman–Crippen MR) is 79.5 cm³/mol. The summed E-state index contributed by atoms with van der Waals surface area (Å²) in [6.07, 6.45) is 2.54. The zero-order valence-corrected chi connectivity index (χ0v) is 13.2. The number of hydrogen-bond acceptors (Lipinski definition) is 5. The van der Waals surface area contributed by atoms with Gasteiger partial charge in [-0.1, -0.05) is 19.0 Å². The molecule has 20 heavy (non-hydrogen) atoms. The predicted octanol–water partition coefficient (Wildman–Crippen LogP) is 2.40. The summed E-state index contributed by atoms with van der Waals surface area (Å²) in [5, 5.41) is 7.54. The summed E-state index contributed by atoms with van der Waals surface area (Å²) in [6.45, 7) is 12.9. The fourth-order valence-electron chi connectivity index (χ4n) is 2.60. The Bertz CT molecular complexity index is 396. The van der Waals surface area contributed by atoms with Crippen molar-refractivity contribution in [1.82, 2.24) is 20.4 Å². The minimum atomic E-state index is 0.299. The molecule has 1 aliphatic rings. The van der Waals surface area contributed by atoms with E-state index in [-0.39, 0.29) is 0 Å². The van der Waals surface area contributed by atoms with Gasteiger partial charge in [0.25, 0.3) is 0 Å². The first-order valence-electron chi connectivity index (χ1n) is 7.83. The first kappa shape index (κ1) is 15.4. The van der Waals surface area contributed by atoms with E-state index in [1.807, 2.05) is 0 Å². The molecule has 0 atom stereocenters. The summed E-state index contributed by atoms with van der Waals surface area (Å²) < 4.78 is 5.30. The molecule has 0 unspecified atom stereocenters. The molecule has 0 saturated carbocycles. The second-order valence-electron chi connectivity index (χ2n) is 6.42. The van der Waals surface area contributed by atoms with Crippen LogP contribution in [0.3, 0.4) is 0 Å². The highest BCUT2D eigenvalue weighted by Crippen LogP contribution is 2.17. The molecule has 1 aromatic rings. The first-order chi connectivity index (χ1) is 9.56. The Morgan fingerprint density at radius 3 is 2.50 bits per heavy atom. The van der Waals surface area contributed by atoms with Crippen molar-refractivity contribution in [2.24, 2.45) is 5.92 Å². The minimum absolute atomic E-state index is 0.299. The first-order valence-corrected chi connectivity index (χ1v) is 7.83. The van der Waals surface area contributed by atoms with Crippen molar-refractivity contribution in [3.8, 4) is 0 Å². The quantitative estimate of drug-likeness (QED) is 0.867. The van der Waals surface area contributed by atoms with Crippen LogP contribution in [0.4, 0.5) is 0 Å². The van der Waals surface area contributed by atoms with Crippen LogP contribution in [0.15, 0.2) is 4.52 Å². The van der Waals surface area contributed by atoms with Crippen LogP contribution in [0, 0.1) is 5.92 Å². The molecule has 1 N–H and O–H groups in total. The lowest BCUT2D eigenvalue weighted by molar-refractivity contribution is 0.156. The van der Waals surface area contributed by atoms with Crippen molar-refractivity contribution in [1.29, 1.82) is 0 Å². The molecular formula is C15H28N4O. The Morgan fingerprint density at radius 1 is 1.25 bits per heavy atom. The third-order valence-corrected chi connectivity index (χ3v) is 4.00. The molecule has 114 valence electrons. The highest BCUT2D eigenvalue weighted by molar-refractivity contribution is 4.91. The second kappa shape index (κ2) is 7.18. The largest absolute Gasteiger partial charge is 0.339 e.